The van der Waals surface area contributed by atoms with Gasteiger partial charge in [0, 0.05) is 21.7 Å². The SMILES string of the molecule is ClC1CCC(Cc2ccc(Br)cn2)C1. The van der Waals surface area contributed by atoms with E-state index in [1.165, 1.54) is 18.5 Å². The number of aromatic nitrogens is 1. The fraction of sp³-hybridized carbons (Fsp3) is 0.545. The largest absolute Gasteiger partial charge is 0.260 e. The molecule has 2 atom stereocenters. The van der Waals surface area contributed by atoms with Gasteiger partial charge in [-0.05, 0) is 59.7 Å². The summed E-state index contributed by atoms with van der Waals surface area (Å²) in [6.07, 6.45) is 6.52. The summed E-state index contributed by atoms with van der Waals surface area (Å²) in [4.78, 5) is 4.38. The molecule has 1 fully saturated rings. The van der Waals surface area contributed by atoms with Crippen molar-refractivity contribution in [3.05, 3.63) is 28.5 Å². The van der Waals surface area contributed by atoms with Gasteiger partial charge in [0.2, 0.25) is 0 Å². The molecule has 1 nitrogen and oxygen atoms in total. The first-order valence-electron chi connectivity index (χ1n) is 4.98. The van der Waals surface area contributed by atoms with Crippen LogP contribution in [0.3, 0.4) is 0 Å². The molecule has 0 radical (unpaired) electrons. The first-order valence-corrected chi connectivity index (χ1v) is 6.21. The van der Waals surface area contributed by atoms with E-state index in [1.807, 2.05) is 6.20 Å². The number of pyridine rings is 1. The van der Waals surface area contributed by atoms with Crippen molar-refractivity contribution in [2.24, 2.45) is 5.92 Å². The maximum Gasteiger partial charge on any atom is 0.0413 e. The van der Waals surface area contributed by atoms with Crippen LogP contribution in [0.4, 0.5) is 0 Å². The lowest BCUT2D eigenvalue weighted by molar-refractivity contribution is 0.540. The third-order valence-corrected chi connectivity index (χ3v) is 3.63. The van der Waals surface area contributed by atoms with E-state index in [1.54, 1.807) is 0 Å². The summed E-state index contributed by atoms with van der Waals surface area (Å²) in [6, 6.07) is 4.14. The molecule has 0 bridgehead atoms. The Bertz CT molecular complexity index is 299. The molecule has 3 heteroatoms. The Balaban J connectivity index is 1.94. The molecule has 1 aromatic rings. The first-order chi connectivity index (χ1) is 6.74. The molecule has 1 aliphatic rings. The van der Waals surface area contributed by atoms with Crippen LogP contribution in [-0.2, 0) is 6.42 Å². The molecule has 76 valence electrons. The summed E-state index contributed by atoms with van der Waals surface area (Å²) in [5, 5.41) is 0.399. The molecule has 0 aromatic carbocycles. The predicted octanol–water partition coefficient (Wildman–Crippen LogP) is 3.79. The second kappa shape index (κ2) is 4.63. The molecule has 1 saturated carbocycles. The number of nitrogens with zero attached hydrogens (tertiary/aromatic N) is 1. The molecule has 0 N–H and O–H groups in total. The molecule has 1 aliphatic carbocycles. The van der Waals surface area contributed by atoms with Gasteiger partial charge in [-0.25, -0.2) is 0 Å². The summed E-state index contributed by atoms with van der Waals surface area (Å²) < 4.78 is 1.04. The quantitative estimate of drug-likeness (QED) is 0.748. The Morgan fingerprint density at radius 3 is 2.86 bits per heavy atom. The smallest absolute Gasteiger partial charge is 0.0413 e. The van der Waals surface area contributed by atoms with Crippen molar-refractivity contribution in [3.63, 3.8) is 0 Å². The third kappa shape index (κ3) is 2.71. The highest BCUT2D eigenvalue weighted by molar-refractivity contribution is 9.10. The highest BCUT2D eigenvalue weighted by Crippen LogP contribution is 2.31. The van der Waals surface area contributed by atoms with Crippen molar-refractivity contribution in [1.29, 1.82) is 0 Å². The van der Waals surface area contributed by atoms with Crippen LogP contribution in [0, 0.1) is 5.92 Å². The Morgan fingerprint density at radius 1 is 1.43 bits per heavy atom. The molecule has 0 spiro atoms. The van der Waals surface area contributed by atoms with Gasteiger partial charge in [0.1, 0.15) is 0 Å². The van der Waals surface area contributed by atoms with E-state index in [-0.39, 0.29) is 0 Å². The average Bonchev–Trinajstić information content (AvgIpc) is 2.56. The maximum atomic E-state index is 6.07. The van der Waals surface area contributed by atoms with Gasteiger partial charge in [-0.15, -0.1) is 11.6 Å². The zero-order chi connectivity index (χ0) is 9.97. The fourth-order valence-corrected chi connectivity index (χ4v) is 2.63. The molecule has 0 aliphatic heterocycles. The molecule has 2 unspecified atom stereocenters. The summed E-state index contributed by atoms with van der Waals surface area (Å²) >= 11 is 9.45. The van der Waals surface area contributed by atoms with Crippen molar-refractivity contribution in [2.75, 3.05) is 0 Å². The Labute approximate surface area is 98.0 Å². The molecule has 14 heavy (non-hydrogen) atoms. The minimum absolute atomic E-state index is 0.399. The van der Waals surface area contributed by atoms with Crippen LogP contribution in [0.15, 0.2) is 22.8 Å². The first kappa shape index (κ1) is 10.4. The summed E-state index contributed by atoms with van der Waals surface area (Å²) in [5.41, 5.74) is 1.18. The number of hydrogen-bond donors (Lipinski definition) is 0. The van der Waals surface area contributed by atoms with E-state index in [4.69, 9.17) is 11.6 Å². The monoisotopic (exact) mass is 273 g/mol. The lowest BCUT2D eigenvalue weighted by Crippen LogP contribution is -2.01. The molecular formula is C11H13BrClN. The zero-order valence-corrected chi connectivity index (χ0v) is 10.3. The van der Waals surface area contributed by atoms with Crippen molar-refractivity contribution >= 4 is 27.5 Å². The lowest BCUT2D eigenvalue weighted by Gasteiger charge is -2.07. The summed E-state index contributed by atoms with van der Waals surface area (Å²) in [5.74, 6) is 0.742. The Morgan fingerprint density at radius 2 is 2.29 bits per heavy atom. The van der Waals surface area contributed by atoms with Gasteiger partial charge >= 0.3 is 0 Å². The standard InChI is InChI=1S/C11H13BrClN/c12-9-2-4-11(14-7-9)6-8-1-3-10(13)5-8/h2,4,7-8,10H,1,3,5-6H2. The lowest BCUT2D eigenvalue weighted by atomic mass is 10.0. The molecular weight excluding hydrogens is 261 g/mol. The van der Waals surface area contributed by atoms with Crippen molar-refractivity contribution in [3.8, 4) is 0 Å². The number of halogens is 2. The number of alkyl halides is 1. The van der Waals surface area contributed by atoms with E-state index < -0.39 is 0 Å². The molecule has 0 saturated heterocycles. The minimum atomic E-state index is 0.399. The van der Waals surface area contributed by atoms with Crippen LogP contribution in [0.2, 0.25) is 0 Å². The summed E-state index contributed by atoms with van der Waals surface area (Å²) in [6.45, 7) is 0. The van der Waals surface area contributed by atoms with Gasteiger partial charge in [-0.2, -0.15) is 0 Å². The maximum absolute atomic E-state index is 6.07. The van der Waals surface area contributed by atoms with Gasteiger partial charge in [0.05, 0.1) is 0 Å². The van der Waals surface area contributed by atoms with Crippen molar-refractivity contribution in [2.45, 2.75) is 31.1 Å². The van der Waals surface area contributed by atoms with Gasteiger partial charge in [-0.3, -0.25) is 4.98 Å². The number of hydrogen-bond acceptors (Lipinski definition) is 1. The Kier molecular flexibility index (Phi) is 3.45. The number of rotatable bonds is 2. The molecule has 1 aromatic heterocycles. The fourth-order valence-electron chi connectivity index (χ4n) is 2.02. The van der Waals surface area contributed by atoms with Gasteiger partial charge in [-0.1, -0.05) is 0 Å². The van der Waals surface area contributed by atoms with E-state index in [9.17, 15) is 0 Å². The van der Waals surface area contributed by atoms with E-state index >= 15 is 0 Å². The highest BCUT2D eigenvalue weighted by atomic mass is 79.9. The van der Waals surface area contributed by atoms with Crippen LogP contribution < -0.4 is 0 Å². The van der Waals surface area contributed by atoms with Crippen LogP contribution in [0.25, 0.3) is 0 Å². The normalized spacial score (nSPS) is 26.7. The van der Waals surface area contributed by atoms with Crippen LogP contribution >= 0.6 is 27.5 Å². The van der Waals surface area contributed by atoms with E-state index in [2.05, 4.69) is 33.0 Å². The van der Waals surface area contributed by atoms with E-state index in [0.717, 1.165) is 23.2 Å². The van der Waals surface area contributed by atoms with Crippen molar-refractivity contribution < 1.29 is 0 Å². The molecule has 2 rings (SSSR count). The highest BCUT2D eigenvalue weighted by Gasteiger charge is 2.23. The molecule has 1 heterocycles. The second-order valence-electron chi connectivity index (χ2n) is 3.95. The second-order valence-corrected chi connectivity index (χ2v) is 5.48. The van der Waals surface area contributed by atoms with Crippen LogP contribution in [0.5, 0.6) is 0 Å². The van der Waals surface area contributed by atoms with Crippen molar-refractivity contribution in [1.82, 2.24) is 4.98 Å². The topological polar surface area (TPSA) is 12.9 Å². The van der Waals surface area contributed by atoms with Gasteiger partial charge in [0.25, 0.3) is 0 Å². The third-order valence-electron chi connectivity index (χ3n) is 2.76. The van der Waals surface area contributed by atoms with Crippen LogP contribution in [-0.4, -0.2) is 10.4 Å². The molecule has 0 amide bonds. The minimum Gasteiger partial charge on any atom is -0.260 e. The zero-order valence-electron chi connectivity index (χ0n) is 7.92. The van der Waals surface area contributed by atoms with Gasteiger partial charge in [0.15, 0.2) is 0 Å². The average molecular weight is 275 g/mol. The van der Waals surface area contributed by atoms with Gasteiger partial charge < -0.3 is 0 Å². The predicted molar refractivity (Wildman–Crippen MR) is 62.6 cm³/mol. The van der Waals surface area contributed by atoms with E-state index in [0.29, 0.717) is 5.38 Å². The Hall–Kier alpha value is -0.0800. The van der Waals surface area contributed by atoms with Crippen LogP contribution in [0.1, 0.15) is 25.0 Å². The summed E-state index contributed by atoms with van der Waals surface area (Å²) in [7, 11) is 0.